The van der Waals surface area contributed by atoms with Crippen LogP contribution in [0.25, 0.3) is 0 Å². The number of quaternary nitrogens is 1. The van der Waals surface area contributed by atoms with Crippen molar-refractivity contribution in [2.45, 2.75) is 6.23 Å². The van der Waals surface area contributed by atoms with E-state index in [1.807, 2.05) is 11.9 Å². The normalized spacial score (nSPS) is 24.8. The van der Waals surface area contributed by atoms with E-state index >= 15 is 0 Å². The van der Waals surface area contributed by atoms with Crippen molar-refractivity contribution >= 4 is 54.3 Å². The second-order valence-corrected chi connectivity index (χ2v) is 8.59. The molecule has 2 unspecified atom stereocenters. The van der Waals surface area contributed by atoms with Gasteiger partial charge in [0.25, 0.3) is 11.4 Å². The molecule has 2 heterocycles. The first-order valence-electron chi connectivity index (χ1n) is 6.74. The Hall–Kier alpha value is -0.840. The molecule has 0 aliphatic carbocycles. The van der Waals surface area contributed by atoms with Gasteiger partial charge in [-0.3, -0.25) is 4.65 Å². The largest absolute Gasteiger partial charge is 0.622 e. The quantitative estimate of drug-likeness (QED) is 0.396. The van der Waals surface area contributed by atoms with Crippen LogP contribution in [0.15, 0.2) is 38.7 Å². The lowest BCUT2D eigenvalue weighted by Crippen LogP contribution is -2.50. The molecule has 0 bridgehead atoms. The third-order valence-electron chi connectivity index (χ3n) is 3.50. The Labute approximate surface area is 154 Å². The summed E-state index contributed by atoms with van der Waals surface area (Å²) < 4.78 is 6.36. The number of hydrogen-bond acceptors (Lipinski definition) is 6. The van der Waals surface area contributed by atoms with E-state index in [2.05, 4.69) is 36.8 Å². The Balaban J connectivity index is 1.82. The minimum atomic E-state index is -0.839. The number of carbonyl (C=O) groups is 1. The third-order valence-corrected chi connectivity index (χ3v) is 5.61. The molecule has 1 aromatic heterocycles. The van der Waals surface area contributed by atoms with Crippen LogP contribution in [-0.4, -0.2) is 42.3 Å². The fourth-order valence-corrected chi connectivity index (χ4v) is 3.93. The number of rotatable bonds is 3. The molecule has 9 heteroatoms. The third kappa shape index (κ3) is 3.49. The van der Waals surface area contributed by atoms with Crippen molar-refractivity contribution in [3.63, 3.8) is 0 Å². The minimum absolute atomic E-state index is 0.193. The lowest BCUT2D eigenvalue weighted by molar-refractivity contribution is 0.00570. The van der Waals surface area contributed by atoms with E-state index < -0.39 is 16.8 Å². The van der Waals surface area contributed by atoms with Crippen molar-refractivity contribution in [1.29, 1.82) is 0 Å². The van der Waals surface area contributed by atoms with E-state index in [4.69, 9.17) is 4.74 Å². The van der Waals surface area contributed by atoms with Gasteiger partial charge in [-0.05, 0) is 58.6 Å². The van der Waals surface area contributed by atoms with Crippen molar-refractivity contribution in [2.75, 3.05) is 20.3 Å². The highest BCUT2D eigenvalue weighted by Crippen LogP contribution is 2.36. The first-order valence-corrected chi connectivity index (χ1v) is 9.14. The van der Waals surface area contributed by atoms with Gasteiger partial charge in [0.05, 0.1) is 22.1 Å². The highest BCUT2D eigenvalue weighted by molar-refractivity contribution is 9.11. The molecule has 1 aliphatic heterocycles. The van der Waals surface area contributed by atoms with Gasteiger partial charge in [0.15, 0.2) is 0 Å². The van der Waals surface area contributed by atoms with Gasteiger partial charge < -0.3 is 9.94 Å². The Kier molecular flexibility index (Phi) is 4.86. The first-order chi connectivity index (χ1) is 10.9. The first kappa shape index (κ1) is 17.0. The van der Waals surface area contributed by atoms with E-state index in [0.29, 0.717) is 17.2 Å². The van der Waals surface area contributed by atoms with Gasteiger partial charge in [-0.1, -0.05) is 15.9 Å². The zero-order chi connectivity index (χ0) is 16.6. The van der Waals surface area contributed by atoms with Crippen LogP contribution < -0.4 is 4.65 Å². The fourth-order valence-electron chi connectivity index (χ4n) is 2.41. The molecule has 0 radical (unpaired) electrons. The molecule has 23 heavy (non-hydrogen) atoms. The number of aromatic nitrogens is 1. The second-order valence-electron chi connectivity index (χ2n) is 5.29. The summed E-state index contributed by atoms with van der Waals surface area (Å²) >= 11 is 7.89. The molecule has 2 atom stereocenters. The number of ether oxygens (including phenoxy) is 1. The Bertz CT molecular complexity index is 724. The van der Waals surface area contributed by atoms with Crippen LogP contribution in [0, 0.1) is 5.21 Å². The zero-order valence-corrected chi connectivity index (χ0v) is 16.1. The predicted octanol–water partition coefficient (Wildman–Crippen LogP) is 3.56. The lowest BCUT2D eigenvalue weighted by atomic mass is 10.2. The average Bonchev–Trinajstić information content (AvgIpc) is 3.05. The summed E-state index contributed by atoms with van der Waals surface area (Å²) in [7, 11) is 1.82. The maximum Gasteiger partial charge on any atom is 0.342 e. The zero-order valence-electron chi connectivity index (χ0n) is 12.1. The monoisotopic (exact) mass is 461 g/mol. The van der Waals surface area contributed by atoms with Gasteiger partial charge in [0.2, 0.25) is 0 Å². The minimum Gasteiger partial charge on any atom is -0.622 e. The maximum atomic E-state index is 13.2. The van der Waals surface area contributed by atoms with E-state index in [-0.39, 0.29) is 6.67 Å². The topological polar surface area (TPSA) is 65.5 Å². The van der Waals surface area contributed by atoms with Gasteiger partial charge in [-0.15, -0.1) is 0 Å². The summed E-state index contributed by atoms with van der Waals surface area (Å²) in [6, 6.07) is 6.83. The number of carbonyl (C=O) groups excluding carboxylic acids is 1. The van der Waals surface area contributed by atoms with Crippen LogP contribution in [0.2, 0.25) is 0 Å². The van der Waals surface area contributed by atoms with Gasteiger partial charge >= 0.3 is 5.97 Å². The standard InChI is InChI=1S/C14H13Br2N3O3S/c1-18-7-12(19(21,8-18)14-17-6-11(16)23-14)22-13(20)9-2-4-10(15)5-3-9/h2-6,12H,7-8H2,1H3. The number of thiazole rings is 1. The summed E-state index contributed by atoms with van der Waals surface area (Å²) in [5.41, 5.74) is 0.412. The van der Waals surface area contributed by atoms with Crippen LogP contribution in [0.4, 0.5) is 5.13 Å². The van der Waals surface area contributed by atoms with Gasteiger partial charge in [0, 0.05) is 4.47 Å². The number of likely N-dealkylation sites (N-methyl/N-ethyl adjacent to an activating group) is 1. The molecule has 6 nitrogen and oxygen atoms in total. The smallest absolute Gasteiger partial charge is 0.342 e. The maximum absolute atomic E-state index is 13.2. The Morgan fingerprint density at radius 3 is 2.74 bits per heavy atom. The van der Waals surface area contributed by atoms with E-state index in [1.165, 1.54) is 11.3 Å². The number of halogens is 2. The van der Waals surface area contributed by atoms with Crippen molar-refractivity contribution in [3.8, 4) is 0 Å². The highest BCUT2D eigenvalue weighted by atomic mass is 79.9. The summed E-state index contributed by atoms with van der Waals surface area (Å²) in [5, 5.41) is 13.6. The molecule has 2 aromatic rings. The van der Waals surface area contributed by atoms with Crippen LogP contribution >= 0.6 is 43.2 Å². The van der Waals surface area contributed by atoms with Crippen molar-refractivity contribution < 1.29 is 9.53 Å². The summed E-state index contributed by atoms with van der Waals surface area (Å²) in [5.74, 6) is -0.508. The number of esters is 1. The molecule has 0 spiro atoms. The van der Waals surface area contributed by atoms with Crippen LogP contribution in [0.3, 0.4) is 0 Å². The number of benzene rings is 1. The van der Waals surface area contributed by atoms with Gasteiger partial charge in [-0.25, -0.2) is 9.69 Å². The fraction of sp³-hybridized carbons (Fsp3) is 0.286. The van der Waals surface area contributed by atoms with Crippen molar-refractivity contribution in [3.05, 3.63) is 49.5 Å². The van der Waals surface area contributed by atoms with Gasteiger partial charge in [0.1, 0.15) is 6.67 Å². The van der Waals surface area contributed by atoms with Crippen LogP contribution in [0.5, 0.6) is 0 Å². The summed E-state index contributed by atoms with van der Waals surface area (Å²) in [4.78, 5) is 18.3. The van der Waals surface area contributed by atoms with Crippen molar-refractivity contribution in [1.82, 2.24) is 14.5 Å². The SMILES string of the molecule is CN1CC(OC(=O)c2ccc(Br)cc2)[N+]([O-])(c2ncc(Br)s2)C1. The van der Waals surface area contributed by atoms with Crippen molar-refractivity contribution in [2.24, 2.45) is 0 Å². The van der Waals surface area contributed by atoms with Crippen LogP contribution in [0.1, 0.15) is 10.4 Å². The van der Waals surface area contributed by atoms with Crippen LogP contribution in [-0.2, 0) is 4.74 Å². The molecular formula is C14H13Br2N3O3S. The molecule has 0 N–H and O–H groups in total. The summed E-state index contributed by atoms with van der Waals surface area (Å²) in [6.45, 7) is 0.557. The van der Waals surface area contributed by atoms with E-state index in [1.54, 1.807) is 30.5 Å². The lowest BCUT2D eigenvalue weighted by Gasteiger charge is -2.38. The van der Waals surface area contributed by atoms with E-state index in [9.17, 15) is 10.0 Å². The molecule has 3 rings (SSSR count). The second kappa shape index (κ2) is 6.58. The number of hydroxylamine groups is 2. The molecule has 122 valence electrons. The summed E-state index contributed by atoms with van der Waals surface area (Å²) in [6.07, 6.45) is 0.748. The highest BCUT2D eigenvalue weighted by Gasteiger charge is 2.44. The molecule has 1 fully saturated rings. The van der Waals surface area contributed by atoms with E-state index in [0.717, 1.165) is 8.26 Å². The molecular weight excluding hydrogens is 450 g/mol. The molecule has 0 amide bonds. The number of nitrogens with zero attached hydrogens (tertiary/aromatic N) is 3. The molecule has 1 aromatic carbocycles. The Morgan fingerprint density at radius 1 is 1.43 bits per heavy atom. The molecule has 1 aliphatic rings. The molecule has 0 saturated carbocycles. The average molecular weight is 463 g/mol. The molecule has 1 saturated heterocycles. The Morgan fingerprint density at radius 2 is 2.13 bits per heavy atom. The van der Waals surface area contributed by atoms with Gasteiger partial charge in [-0.2, -0.15) is 4.98 Å². The number of hydrogen-bond donors (Lipinski definition) is 0. The predicted molar refractivity (Wildman–Crippen MR) is 95.8 cm³/mol.